The van der Waals surface area contributed by atoms with Crippen LogP contribution in [0.2, 0.25) is 0 Å². The number of rotatable bonds is 5. The third-order valence-corrected chi connectivity index (χ3v) is 3.66. The zero-order valence-corrected chi connectivity index (χ0v) is 14.0. The maximum atomic E-state index is 12.2. The minimum Gasteiger partial charge on any atom is -0.496 e. The van der Waals surface area contributed by atoms with Crippen molar-refractivity contribution < 1.29 is 19.1 Å². The molecule has 25 heavy (non-hydrogen) atoms. The van der Waals surface area contributed by atoms with E-state index in [0.29, 0.717) is 22.7 Å². The molecule has 0 amide bonds. The summed E-state index contributed by atoms with van der Waals surface area (Å²) >= 11 is 0. The quantitative estimate of drug-likeness (QED) is 0.518. The molecule has 2 heterocycles. The highest BCUT2D eigenvalue weighted by Crippen LogP contribution is 2.21. The number of Topliss-reactive ketones (excluding diaryl/α,β-unsaturated/α-hetero) is 1. The molecule has 0 N–H and O–H groups in total. The maximum absolute atomic E-state index is 12.2. The first-order valence-electron chi connectivity index (χ1n) is 7.53. The molecule has 3 rings (SSSR count). The van der Waals surface area contributed by atoms with E-state index in [1.54, 1.807) is 30.5 Å². The first-order chi connectivity index (χ1) is 12.0. The second-order valence-corrected chi connectivity index (χ2v) is 5.39. The number of fused-ring (bicyclic) bond motifs is 1. The Morgan fingerprint density at radius 1 is 1.24 bits per heavy atom. The van der Waals surface area contributed by atoms with Gasteiger partial charge < -0.3 is 9.47 Å². The Kier molecular flexibility index (Phi) is 4.42. The number of esters is 1. The Bertz CT molecular complexity index is 964. The lowest BCUT2D eigenvalue weighted by Crippen LogP contribution is -2.09. The first kappa shape index (κ1) is 16.6. The Hall–Kier alpha value is -3.29. The molecule has 0 aliphatic rings. The molecule has 2 aromatic heterocycles. The molecule has 8 heteroatoms. The summed E-state index contributed by atoms with van der Waals surface area (Å²) in [7, 11) is 1.51. The van der Waals surface area contributed by atoms with Crippen molar-refractivity contribution in [3.05, 3.63) is 53.1 Å². The molecule has 0 spiro atoms. The van der Waals surface area contributed by atoms with Gasteiger partial charge in [0.25, 0.3) is 11.6 Å². The van der Waals surface area contributed by atoms with E-state index in [1.165, 1.54) is 18.5 Å². The zero-order valence-electron chi connectivity index (χ0n) is 14.0. The second kappa shape index (κ2) is 6.68. The number of methoxy groups -OCH3 is 1. The van der Waals surface area contributed by atoms with Crippen molar-refractivity contribution in [1.82, 2.24) is 19.6 Å². The topological polar surface area (TPSA) is 95.7 Å². The van der Waals surface area contributed by atoms with E-state index in [9.17, 15) is 9.59 Å². The molecule has 0 atom stereocenters. The maximum Gasteiger partial charge on any atom is 0.378 e. The van der Waals surface area contributed by atoms with Gasteiger partial charge in [0.2, 0.25) is 0 Å². The van der Waals surface area contributed by atoms with Crippen molar-refractivity contribution in [3.63, 3.8) is 0 Å². The molecular formula is C17H16N4O4. The number of ketones is 1. The van der Waals surface area contributed by atoms with Crippen LogP contribution in [0.3, 0.4) is 0 Å². The van der Waals surface area contributed by atoms with Crippen LogP contribution in [0.1, 0.15) is 39.2 Å². The Morgan fingerprint density at radius 3 is 2.72 bits per heavy atom. The SMILES string of the molecule is COc1ccc(C(C)=O)cc1COC(=O)c1nc2nccc(C)n2n1. The predicted molar refractivity (Wildman–Crippen MR) is 87.6 cm³/mol. The lowest BCUT2D eigenvalue weighted by Gasteiger charge is -2.09. The molecule has 0 aliphatic heterocycles. The molecule has 0 saturated carbocycles. The summed E-state index contributed by atoms with van der Waals surface area (Å²) in [5.74, 6) is 0.00356. The van der Waals surface area contributed by atoms with Crippen LogP contribution < -0.4 is 4.74 Å². The van der Waals surface area contributed by atoms with Crippen molar-refractivity contribution in [2.75, 3.05) is 7.11 Å². The van der Waals surface area contributed by atoms with E-state index in [4.69, 9.17) is 9.47 Å². The number of nitrogens with zero attached hydrogens (tertiary/aromatic N) is 4. The molecule has 128 valence electrons. The summed E-state index contributed by atoms with van der Waals surface area (Å²) in [6, 6.07) is 6.72. The average molecular weight is 340 g/mol. The van der Waals surface area contributed by atoms with Gasteiger partial charge in [-0.1, -0.05) is 0 Å². The van der Waals surface area contributed by atoms with Crippen LogP contribution in [-0.4, -0.2) is 38.4 Å². The van der Waals surface area contributed by atoms with Gasteiger partial charge in [-0.15, -0.1) is 5.10 Å². The van der Waals surface area contributed by atoms with Crippen LogP contribution in [0, 0.1) is 6.92 Å². The lowest BCUT2D eigenvalue weighted by molar-refractivity contribution is 0.0456. The van der Waals surface area contributed by atoms with Gasteiger partial charge in [-0.3, -0.25) is 4.79 Å². The van der Waals surface area contributed by atoms with E-state index >= 15 is 0 Å². The van der Waals surface area contributed by atoms with Crippen molar-refractivity contribution in [1.29, 1.82) is 0 Å². The van der Waals surface area contributed by atoms with Crippen molar-refractivity contribution in [2.24, 2.45) is 0 Å². The van der Waals surface area contributed by atoms with Crippen LogP contribution in [0.15, 0.2) is 30.5 Å². The molecule has 0 unspecified atom stereocenters. The van der Waals surface area contributed by atoms with Crippen molar-refractivity contribution in [2.45, 2.75) is 20.5 Å². The van der Waals surface area contributed by atoms with Gasteiger partial charge in [-0.2, -0.15) is 4.98 Å². The summed E-state index contributed by atoms with van der Waals surface area (Å²) in [4.78, 5) is 31.8. The van der Waals surface area contributed by atoms with Crippen LogP contribution in [0.25, 0.3) is 5.78 Å². The number of carbonyl (C=O) groups excluding carboxylic acids is 2. The molecule has 0 fully saturated rings. The lowest BCUT2D eigenvalue weighted by atomic mass is 10.1. The van der Waals surface area contributed by atoms with E-state index in [0.717, 1.165) is 5.69 Å². The monoisotopic (exact) mass is 340 g/mol. The number of benzene rings is 1. The minimum atomic E-state index is -0.680. The third-order valence-electron chi connectivity index (χ3n) is 3.66. The fraction of sp³-hybridized carbons (Fsp3) is 0.235. The number of carbonyl (C=O) groups is 2. The molecule has 8 nitrogen and oxygen atoms in total. The number of aryl methyl sites for hydroxylation is 1. The number of aromatic nitrogens is 4. The van der Waals surface area contributed by atoms with E-state index in [-0.39, 0.29) is 18.2 Å². The molecule has 0 radical (unpaired) electrons. The van der Waals surface area contributed by atoms with Gasteiger partial charge in [0.15, 0.2) is 5.78 Å². The molecule has 0 saturated heterocycles. The molecule has 0 aliphatic carbocycles. The number of ether oxygens (including phenoxy) is 2. The van der Waals surface area contributed by atoms with Crippen molar-refractivity contribution in [3.8, 4) is 5.75 Å². The van der Waals surface area contributed by atoms with Crippen molar-refractivity contribution >= 4 is 17.5 Å². The molecule has 0 bridgehead atoms. The highest BCUT2D eigenvalue weighted by molar-refractivity contribution is 5.94. The van der Waals surface area contributed by atoms with Gasteiger partial charge in [0.1, 0.15) is 12.4 Å². The highest BCUT2D eigenvalue weighted by atomic mass is 16.5. The molecule has 3 aromatic rings. The highest BCUT2D eigenvalue weighted by Gasteiger charge is 2.17. The normalized spacial score (nSPS) is 10.7. The van der Waals surface area contributed by atoms with Crippen LogP contribution in [0.4, 0.5) is 0 Å². The van der Waals surface area contributed by atoms with Gasteiger partial charge in [0.05, 0.1) is 7.11 Å². The van der Waals surface area contributed by atoms with E-state index < -0.39 is 5.97 Å². The first-order valence-corrected chi connectivity index (χ1v) is 7.53. The fourth-order valence-electron chi connectivity index (χ4n) is 2.31. The molecule has 1 aromatic carbocycles. The van der Waals surface area contributed by atoms with E-state index in [1.807, 2.05) is 6.92 Å². The third kappa shape index (κ3) is 3.32. The smallest absolute Gasteiger partial charge is 0.378 e. The summed E-state index contributed by atoms with van der Waals surface area (Å²) in [6.45, 7) is 3.23. The second-order valence-electron chi connectivity index (χ2n) is 5.39. The van der Waals surface area contributed by atoms with Gasteiger partial charge >= 0.3 is 5.97 Å². The van der Waals surface area contributed by atoms with Crippen LogP contribution in [-0.2, 0) is 11.3 Å². The Morgan fingerprint density at radius 2 is 2.04 bits per heavy atom. The van der Waals surface area contributed by atoms with Gasteiger partial charge in [-0.25, -0.2) is 14.3 Å². The number of hydrogen-bond donors (Lipinski definition) is 0. The summed E-state index contributed by atoms with van der Waals surface area (Å²) in [5.41, 5.74) is 1.89. The summed E-state index contributed by atoms with van der Waals surface area (Å²) < 4.78 is 12.0. The average Bonchev–Trinajstić information content (AvgIpc) is 3.05. The zero-order chi connectivity index (χ0) is 18.0. The van der Waals surface area contributed by atoms with Crippen LogP contribution in [0.5, 0.6) is 5.75 Å². The fourth-order valence-corrected chi connectivity index (χ4v) is 2.31. The summed E-state index contributed by atoms with van der Waals surface area (Å²) in [6.07, 6.45) is 1.59. The Labute approximate surface area is 143 Å². The van der Waals surface area contributed by atoms with Gasteiger partial charge in [-0.05, 0) is 38.1 Å². The van der Waals surface area contributed by atoms with E-state index in [2.05, 4.69) is 15.1 Å². The predicted octanol–water partition coefficient (Wildman–Crippen LogP) is 2.00. The minimum absolute atomic E-state index is 0.0644. The molecular weight excluding hydrogens is 324 g/mol. The largest absolute Gasteiger partial charge is 0.496 e. The number of hydrogen-bond acceptors (Lipinski definition) is 7. The van der Waals surface area contributed by atoms with Gasteiger partial charge in [0, 0.05) is 23.0 Å². The standard InChI is InChI=1S/C17H16N4O4/c1-10-6-7-18-17-19-15(20-21(10)17)16(23)25-9-13-8-12(11(2)22)4-5-14(13)24-3/h4-8H,9H2,1-3H3. The Balaban J connectivity index is 1.80. The summed E-state index contributed by atoms with van der Waals surface area (Å²) in [5, 5.41) is 4.10. The van der Waals surface area contributed by atoms with Crippen LogP contribution >= 0.6 is 0 Å².